The third-order valence-corrected chi connectivity index (χ3v) is 3.15. The number of nitrogens with one attached hydrogen (secondary N) is 2. The van der Waals surface area contributed by atoms with Gasteiger partial charge in [-0.25, -0.2) is 13.1 Å². The molecule has 0 amide bonds. The van der Waals surface area contributed by atoms with Crippen molar-refractivity contribution in [3.8, 4) is 0 Å². The molecule has 4 N–H and O–H groups in total. The molecule has 16 heavy (non-hydrogen) atoms. The molecule has 0 bridgehead atoms. The van der Waals surface area contributed by atoms with Gasteiger partial charge in [-0.2, -0.15) is 0 Å². The highest BCUT2D eigenvalue weighted by atomic mass is 32.2. The van der Waals surface area contributed by atoms with E-state index in [9.17, 15) is 8.42 Å². The van der Waals surface area contributed by atoms with Crippen LogP contribution in [0.25, 0.3) is 0 Å². The van der Waals surface area contributed by atoms with Gasteiger partial charge in [0.1, 0.15) is 0 Å². The number of hydrogen-bond donors (Lipinski definition) is 3. The Morgan fingerprint density at radius 2 is 2.25 bits per heavy atom. The van der Waals surface area contributed by atoms with Crippen molar-refractivity contribution in [2.45, 2.75) is 13.3 Å². The molecule has 0 saturated heterocycles. The molecular formula is C9H20N4O2S. The van der Waals surface area contributed by atoms with Crippen molar-refractivity contribution in [3.05, 3.63) is 12.7 Å². The summed E-state index contributed by atoms with van der Waals surface area (Å²) in [6.45, 7) is 6.56. The van der Waals surface area contributed by atoms with Crippen LogP contribution in [-0.2, 0) is 10.0 Å². The summed E-state index contributed by atoms with van der Waals surface area (Å²) in [5, 5.41) is 2.82. The monoisotopic (exact) mass is 248 g/mol. The normalized spacial score (nSPS) is 12.4. The Morgan fingerprint density at radius 1 is 1.56 bits per heavy atom. The smallest absolute Gasteiger partial charge is 0.211 e. The number of aliphatic imine (C=N–C) groups is 1. The van der Waals surface area contributed by atoms with Gasteiger partial charge in [0.25, 0.3) is 0 Å². The summed E-state index contributed by atoms with van der Waals surface area (Å²) in [6.07, 6.45) is 2.30. The summed E-state index contributed by atoms with van der Waals surface area (Å²) >= 11 is 0. The van der Waals surface area contributed by atoms with E-state index in [0.29, 0.717) is 32.0 Å². The van der Waals surface area contributed by atoms with Crippen molar-refractivity contribution < 1.29 is 8.42 Å². The number of rotatable bonds is 8. The number of hydrogen-bond acceptors (Lipinski definition) is 3. The first-order chi connectivity index (χ1) is 7.52. The van der Waals surface area contributed by atoms with Crippen molar-refractivity contribution in [1.29, 1.82) is 0 Å². The lowest BCUT2D eigenvalue weighted by Crippen LogP contribution is -2.32. The second-order valence-corrected chi connectivity index (χ2v) is 5.18. The maximum absolute atomic E-state index is 11.0. The van der Waals surface area contributed by atoms with Crippen molar-refractivity contribution in [2.75, 3.05) is 25.4 Å². The number of nitrogens with two attached hydrogens (primary N) is 1. The summed E-state index contributed by atoms with van der Waals surface area (Å²) in [6, 6.07) is 0. The zero-order valence-corrected chi connectivity index (χ0v) is 10.4. The van der Waals surface area contributed by atoms with Crippen LogP contribution in [0.1, 0.15) is 13.3 Å². The quantitative estimate of drug-likeness (QED) is 0.231. The van der Waals surface area contributed by atoms with Crippen LogP contribution in [-0.4, -0.2) is 39.8 Å². The van der Waals surface area contributed by atoms with Gasteiger partial charge in [-0.05, 0) is 13.3 Å². The molecule has 7 heteroatoms. The minimum Gasteiger partial charge on any atom is -0.370 e. The number of nitrogens with zero attached hydrogens (tertiary/aromatic N) is 1. The molecule has 0 atom stereocenters. The molecule has 0 aliphatic heterocycles. The highest BCUT2D eigenvalue weighted by molar-refractivity contribution is 7.89. The molecule has 0 saturated carbocycles. The molecular weight excluding hydrogens is 228 g/mol. The Morgan fingerprint density at radius 3 is 2.81 bits per heavy atom. The van der Waals surface area contributed by atoms with Crippen LogP contribution < -0.4 is 15.8 Å². The third-order valence-electron chi connectivity index (χ3n) is 1.75. The minimum atomic E-state index is -3.09. The van der Waals surface area contributed by atoms with Crippen LogP contribution in [0, 0.1) is 0 Å². The van der Waals surface area contributed by atoms with Crippen LogP contribution in [0.4, 0.5) is 0 Å². The maximum Gasteiger partial charge on any atom is 0.211 e. The van der Waals surface area contributed by atoms with E-state index in [4.69, 9.17) is 5.73 Å². The Bertz CT molecular complexity index is 324. The molecule has 0 aromatic heterocycles. The lowest BCUT2D eigenvalue weighted by Gasteiger charge is -2.03. The Hall–Kier alpha value is -1.08. The molecule has 0 radical (unpaired) electrons. The summed E-state index contributed by atoms with van der Waals surface area (Å²) in [7, 11) is -3.09. The van der Waals surface area contributed by atoms with E-state index in [1.54, 1.807) is 13.0 Å². The summed E-state index contributed by atoms with van der Waals surface area (Å²) in [5.74, 6) is 0.442. The van der Waals surface area contributed by atoms with Crippen molar-refractivity contribution in [2.24, 2.45) is 10.7 Å². The van der Waals surface area contributed by atoms with Gasteiger partial charge in [0, 0.05) is 19.6 Å². The van der Waals surface area contributed by atoms with E-state index in [2.05, 4.69) is 21.6 Å². The van der Waals surface area contributed by atoms with E-state index in [0.717, 1.165) is 0 Å². The minimum absolute atomic E-state index is 0.0965. The summed E-state index contributed by atoms with van der Waals surface area (Å²) in [4.78, 5) is 4.01. The molecule has 6 nitrogen and oxygen atoms in total. The van der Waals surface area contributed by atoms with Gasteiger partial charge >= 0.3 is 0 Å². The SMILES string of the molecule is C=CCNC(N)=NCCCNS(=O)(=O)CC. The van der Waals surface area contributed by atoms with Gasteiger partial charge in [-0.15, -0.1) is 6.58 Å². The van der Waals surface area contributed by atoms with Crippen LogP contribution in [0.5, 0.6) is 0 Å². The number of guanidine groups is 1. The van der Waals surface area contributed by atoms with Crippen LogP contribution in [0.2, 0.25) is 0 Å². The average Bonchev–Trinajstić information content (AvgIpc) is 2.25. The van der Waals surface area contributed by atoms with Crippen LogP contribution >= 0.6 is 0 Å². The van der Waals surface area contributed by atoms with Gasteiger partial charge < -0.3 is 11.1 Å². The highest BCUT2D eigenvalue weighted by Crippen LogP contribution is 1.85. The second kappa shape index (κ2) is 8.12. The van der Waals surface area contributed by atoms with Crippen LogP contribution in [0.3, 0.4) is 0 Å². The van der Waals surface area contributed by atoms with E-state index < -0.39 is 10.0 Å². The zero-order valence-electron chi connectivity index (χ0n) is 9.57. The van der Waals surface area contributed by atoms with Crippen molar-refractivity contribution in [3.63, 3.8) is 0 Å². The van der Waals surface area contributed by atoms with Crippen LogP contribution in [0.15, 0.2) is 17.6 Å². The topological polar surface area (TPSA) is 96.6 Å². The summed E-state index contributed by atoms with van der Waals surface area (Å²) in [5.41, 5.74) is 5.51. The first-order valence-electron chi connectivity index (χ1n) is 5.14. The third kappa shape index (κ3) is 8.25. The lowest BCUT2D eigenvalue weighted by atomic mass is 10.4. The van der Waals surface area contributed by atoms with E-state index in [1.165, 1.54) is 0 Å². The fourth-order valence-corrected chi connectivity index (χ4v) is 1.50. The molecule has 0 spiro atoms. The van der Waals surface area contributed by atoms with E-state index in [1.807, 2.05) is 0 Å². The molecule has 0 aliphatic carbocycles. The molecule has 0 aromatic rings. The lowest BCUT2D eigenvalue weighted by molar-refractivity contribution is 0.581. The van der Waals surface area contributed by atoms with E-state index in [-0.39, 0.29) is 5.75 Å². The van der Waals surface area contributed by atoms with Gasteiger partial charge in [0.2, 0.25) is 10.0 Å². The molecule has 0 rings (SSSR count). The molecule has 0 fully saturated rings. The largest absolute Gasteiger partial charge is 0.370 e. The van der Waals surface area contributed by atoms with Gasteiger partial charge in [0.15, 0.2) is 5.96 Å². The molecule has 0 aliphatic rings. The summed E-state index contributed by atoms with van der Waals surface area (Å²) < 4.78 is 24.5. The van der Waals surface area contributed by atoms with E-state index >= 15 is 0 Å². The first-order valence-corrected chi connectivity index (χ1v) is 6.79. The predicted molar refractivity (Wildman–Crippen MR) is 66.8 cm³/mol. The van der Waals surface area contributed by atoms with Crippen molar-refractivity contribution in [1.82, 2.24) is 10.0 Å². The van der Waals surface area contributed by atoms with Gasteiger partial charge in [-0.3, -0.25) is 4.99 Å². The molecule has 94 valence electrons. The maximum atomic E-state index is 11.0. The van der Waals surface area contributed by atoms with Crippen molar-refractivity contribution >= 4 is 16.0 Å². The molecule has 0 heterocycles. The fraction of sp³-hybridized carbons (Fsp3) is 0.667. The molecule has 0 unspecified atom stereocenters. The zero-order chi connectivity index (χ0) is 12.4. The van der Waals surface area contributed by atoms with Gasteiger partial charge in [-0.1, -0.05) is 6.08 Å². The average molecular weight is 248 g/mol. The van der Waals surface area contributed by atoms with Gasteiger partial charge in [0.05, 0.1) is 5.75 Å². The fourth-order valence-electron chi connectivity index (χ4n) is 0.841. The second-order valence-electron chi connectivity index (χ2n) is 3.09. The predicted octanol–water partition coefficient (Wildman–Crippen LogP) is -0.594. The Balaban J connectivity index is 3.64. The highest BCUT2D eigenvalue weighted by Gasteiger charge is 2.03. The Labute approximate surface area is 97.1 Å². The Kier molecular flexibility index (Phi) is 7.57. The molecule has 0 aromatic carbocycles. The number of sulfonamides is 1. The standard InChI is InChI=1S/C9H20N4O2S/c1-3-6-11-9(10)12-7-5-8-13-16(14,15)4-2/h3,13H,1,4-8H2,2H3,(H3,10,11,12). The first kappa shape index (κ1) is 14.9.